The van der Waals surface area contributed by atoms with Crippen LogP contribution in [0.1, 0.15) is 380 Å². The van der Waals surface area contributed by atoms with E-state index < -0.39 is 12.1 Å². The van der Waals surface area contributed by atoms with Crippen molar-refractivity contribution in [3.8, 4) is 0 Å². The number of carbonyl (C=O) groups excluding carboxylic acids is 2. The molecular weight excluding hydrogens is 899 g/mol. The van der Waals surface area contributed by atoms with Crippen LogP contribution in [0.5, 0.6) is 0 Å². The second kappa shape index (κ2) is 63.1. The number of hydrogen-bond acceptors (Lipinski definition) is 5. The van der Waals surface area contributed by atoms with Gasteiger partial charge in [0.2, 0.25) is 5.91 Å². The molecule has 0 aromatic rings. The highest BCUT2D eigenvalue weighted by Gasteiger charge is 2.20. The first-order chi connectivity index (χ1) is 36.0. The van der Waals surface area contributed by atoms with Gasteiger partial charge in [0.25, 0.3) is 0 Å². The van der Waals surface area contributed by atoms with Crippen molar-refractivity contribution in [1.82, 2.24) is 5.32 Å². The monoisotopic (exact) mass is 1030 g/mol. The molecule has 0 radical (unpaired) electrons. The van der Waals surface area contributed by atoms with Crippen LogP contribution >= 0.6 is 0 Å². The molecule has 0 heterocycles. The van der Waals surface area contributed by atoms with Crippen molar-refractivity contribution in [2.45, 2.75) is 392 Å². The van der Waals surface area contributed by atoms with Gasteiger partial charge >= 0.3 is 5.97 Å². The van der Waals surface area contributed by atoms with E-state index in [1.165, 1.54) is 302 Å². The lowest BCUT2D eigenvalue weighted by Gasteiger charge is -2.22. The average molecular weight is 1030 g/mol. The van der Waals surface area contributed by atoms with Gasteiger partial charge in [-0.05, 0) is 51.4 Å². The molecule has 0 aromatic heterocycles. The topological polar surface area (TPSA) is 95.9 Å². The fourth-order valence-electron chi connectivity index (χ4n) is 10.7. The van der Waals surface area contributed by atoms with Gasteiger partial charge in [0.05, 0.1) is 25.4 Å². The molecule has 0 aliphatic rings. The molecule has 6 nitrogen and oxygen atoms in total. The molecule has 6 heteroatoms. The maximum atomic E-state index is 12.5. The summed E-state index contributed by atoms with van der Waals surface area (Å²) in [5.74, 6) is -0.0296. The van der Waals surface area contributed by atoms with Crippen LogP contribution in [-0.4, -0.2) is 47.4 Å². The fourth-order valence-corrected chi connectivity index (χ4v) is 10.7. The lowest BCUT2D eigenvalue weighted by Crippen LogP contribution is -2.45. The van der Waals surface area contributed by atoms with Crippen LogP contribution in [0.25, 0.3) is 0 Å². The minimum atomic E-state index is -0.668. The van der Waals surface area contributed by atoms with Gasteiger partial charge in [-0.25, -0.2) is 0 Å². The zero-order chi connectivity index (χ0) is 52.9. The van der Waals surface area contributed by atoms with E-state index in [2.05, 4.69) is 31.3 Å². The van der Waals surface area contributed by atoms with Crippen LogP contribution in [0.15, 0.2) is 12.2 Å². The van der Waals surface area contributed by atoms with Crippen LogP contribution in [0.2, 0.25) is 0 Å². The summed E-state index contributed by atoms with van der Waals surface area (Å²) >= 11 is 0. The van der Waals surface area contributed by atoms with Crippen molar-refractivity contribution in [2.24, 2.45) is 0 Å². The molecule has 0 spiro atoms. The van der Waals surface area contributed by atoms with Gasteiger partial charge in [0, 0.05) is 12.8 Å². The molecule has 73 heavy (non-hydrogen) atoms. The first-order valence-electron chi connectivity index (χ1n) is 33.4. The minimum absolute atomic E-state index is 0.00631. The lowest BCUT2D eigenvalue weighted by atomic mass is 10.0. The number of rotatable bonds is 63. The van der Waals surface area contributed by atoms with E-state index in [4.69, 9.17) is 4.74 Å². The number of aliphatic hydroxyl groups excluding tert-OH is 2. The predicted molar refractivity (Wildman–Crippen MR) is 320 cm³/mol. The summed E-state index contributed by atoms with van der Waals surface area (Å²) in [5.41, 5.74) is 0. The van der Waals surface area contributed by atoms with Crippen molar-refractivity contribution in [1.29, 1.82) is 0 Å². The quantitative estimate of drug-likeness (QED) is 0.0320. The summed E-state index contributed by atoms with van der Waals surface area (Å²) in [5, 5.41) is 23.4. The van der Waals surface area contributed by atoms with Crippen LogP contribution < -0.4 is 5.32 Å². The predicted octanol–water partition coefficient (Wildman–Crippen LogP) is 21.2. The Morgan fingerprint density at radius 1 is 0.370 bits per heavy atom. The summed E-state index contributed by atoms with van der Waals surface area (Å²) in [4.78, 5) is 24.6. The third kappa shape index (κ3) is 59.7. The third-order valence-corrected chi connectivity index (χ3v) is 15.8. The zero-order valence-corrected chi connectivity index (χ0v) is 49.6. The molecule has 0 rings (SSSR count). The van der Waals surface area contributed by atoms with Crippen molar-refractivity contribution in [3.63, 3.8) is 0 Å². The van der Waals surface area contributed by atoms with Crippen LogP contribution in [0.4, 0.5) is 0 Å². The fraction of sp³-hybridized carbons (Fsp3) is 0.940. The van der Waals surface area contributed by atoms with Crippen molar-refractivity contribution >= 4 is 11.9 Å². The minimum Gasteiger partial charge on any atom is -0.466 e. The highest BCUT2D eigenvalue weighted by Crippen LogP contribution is 2.19. The largest absolute Gasteiger partial charge is 0.466 e. The maximum Gasteiger partial charge on any atom is 0.305 e. The number of esters is 1. The van der Waals surface area contributed by atoms with Gasteiger partial charge < -0.3 is 20.3 Å². The molecule has 0 aromatic carbocycles. The molecule has 0 aliphatic heterocycles. The lowest BCUT2D eigenvalue weighted by molar-refractivity contribution is -0.143. The first-order valence-corrected chi connectivity index (χ1v) is 33.4. The van der Waals surface area contributed by atoms with Crippen molar-refractivity contribution in [3.05, 3.63) is 12.2 Å². The first kappa shape index (κ1) is 71.6. The highest BCUT2D eigenvalue weighted by atomic mass is 16.5. The molecule has 0 bridgehead atoms. The SMILES string of the molecule is CCCCCCCC/C=C\CCCCCCCCCCCC(=O)OCCCCCCCCCCCCCCCCCCCC(=O)NC(CO)C(O)CCCCCCCCCCCCCCCCCCCCCC. The Kier molecular flexibility index (Phi) is 61.9. The van der Waals surface area contributed by atoms with Gasteiger partial charge in [-0.3, -0.25) is 9.59 Å². The Morgan fingerprint density at radius 2 is 0.644 bits per heavy atom. The summed E-state index contributed by atoms with van der Waals surface area (Å²) in [6, 6.07) is -0.546. The van der Waals surface area contributed by atoms with Gasteiger partial charge in [0.15, 0.2) is 0 Å². The Balaban J connectivity index is 3.39. The second-order valence-electron chi connectivity index (χ2n) is 23.2. The number of unbranched alkanes of at least 4 members (excludes halogenated alkanes) is 50. The van der Waals surface area contributed by atoms with E-state index in [0.29, 0.717) is 25.9 Å². The number of ether oxygens (including phenoxy) is 1. The molecule has 0 fully saturated rings. The molecule has 0 aliphatic carbocycles. The van der Waals surface area contributed by atoms with Crippen LogP contribution in [0, 0.1) is 0 Å². The summed E-state index contributed by atoms with van der Waals surface area (Å²) in [6.07, 6.45) is 76.6. The van der Waals surface area contributed by atoms with Gasteiger partial charge in [-0.15, -0.1) is 0 Å². The second-order valence-corrected chi connectivity index (χ2v) is 23.2. The van der Waals surface area contributed by atoms with Gasteiger partial charge in [0.1, 0.15) is 0 Å². The van der Waals surface area contributed by atoms with Gasteiger partial charge in [-0.2, -0.15) is 0 Å². The van der Waals surface area contributed by atoms with Crippen molar-refractivity contribution < 1.29 is 24.5 Å². The highest BCUT2D eigenvalue weighted by molar-refractivity contribution is 5.76. The number of hydrogen-bond donors (Lipinski definition) is 3. The molecule has 434 valence electrons. The normalized spacial score (nSPS) is 12.5. The van der Waals surface area contributed by atoms with Gasteiger partial charge in [-0.1, -0.05) is 328 Å². The Labute approximate surface area is 457 Å². The summed E-state index contributed by atoms with van der Waals surface area (Å²) < 4.78 is 5.50. The maximum absolute atomic E-state index is 12.5. The van der Waals surface area contributed by atoms with Crippen LogP contribution in [0.3, 0.4) is 0 Å². The van der Waals surface area contributed by atoms with Crippen LogP contribution in [-0.2, 0) is 14.3 Å². The van der Waals surface area contributed by atoms with E-state index in [1.807, 2.05) is 0 Å². The van der Waals surface area contributed by atoms with E-state index in [-0.39, 0.29) is 18.5 Å². The molecule has 0 saturated carbocycles. The zero-order valence-electron chi connectivity index (χ0n) is 49.6. The number of nitrogens with one attached hydrogen (secondary N) is 1. The third-order valence-electron chi connectivity index (χ3n) is 15.8. The smallest absolute Gasteiger partial charge is 0.305 e. The number of amides is 1. The van der Waals surface area contributed by atoms with Crippen molar-refractivity contribution in [2.75, 3.05) is 13.2 Å². The molecule has 0 saturated heterocycles. The number of allylic oxidation sites excluding steroid dienone is 2. The summed E-state index contributed by atoms with van der Waals surface area (Å²) in [6.45, 7) is 4.98. The van der Waals surface area contributed by atoms with E-state index >= 15 is 0 Å². The van der Waals surface area contributed by atoms with E-state index in [1.54, 1.807) is 0 Å². The molecular formula is C67H131NO5. The molecule has 2 unspecified atom stereocenters. The Bertz CT molecular complexity index is 1100. The Morgan fingerprint density at radius 3 is 0.973 bits per heavy atom. The van der Waals surface area contributed by atoms with E-state index in [9.17, 15) is 19.8 Å². The standard InChI is InChI=1S/C67H131NO5/c1-3-5-7-9-11-13-15-17-19-21-23-25-27-31-35-39-43-47-51-55-59-65(70)64(63-69)68-66(71)60-56-52-48-44-40-36-32-28-26-30-34-38-42-46-50-54-58-62-73-67(72)61-57-53-49-45-41-37-33-29-24-22-20-18-16-14-12-10-8-6-4-2/h18,20,64-65,69-70H,3-17,19,21-63H2,1-2H3,(H,68,71)/b20-18-. The average Bonchev–Trinajstić information content (AvgIpc) is 3.39. The molecule has 2 atom stereocenters. The molecule has 3 N–H and O–H groups in total. The Hall–Kier alpha value is -1.40. The number of aliphatic hydroxyl groups is 2. The number of carbonyl (C=O) groups is 2. The van der Waals surface area contributed by atoms with E-state index in [0.717, 1.165) is 44.9 Å². The summed E-state index contributed by atoms with van der Waals surface area (Å²) in [7, 11) is 0. The molecule has 1 amide bonds.